The number of nitrogens with zero attached hydrogens (tertiary/aromatic N) is 4. The van der Waals surface area contributed by atoms with E-state index < -0.39 is 0 Å². The monoisotopic (exact) mass is 403 g/mol. The van der Waals surface area contributed by atoms with Crippen LogP contribution in [0.15, 0.2) is 36.5 Å². The fraction of sp³-hybridized carbons (Fsp3) is 0.391. The number of benzene rings is 1. The number of piperazine rings is 1. The summed E-state index contributed by atoms with van der Waals surface area (Å²) < 4.78 is 1.11. The zero-order valence-corrected chi connectivity index (χ0v) is 17.5. The van der Waals surface area contributed by atoms with Gasteiger partial charge in [-0.1, -0.05) is 12.5 Å². The van der Waals surface area contributed by atoms with Crippen molar-refractivity contribution in [3.8, 4) is 6.07 Å². The predicted octanol–water partition coefficient (Wildman–Crippen LogP) is 4.93. The number of fused-ring (bicyclic) bond motifs is 1. The van der Waals surface area contributed by atoms with Crippen LogP contribution in [0.2, 0.25) is 0 Å². The van der Waals surface area contributed by atoms with E-state index in [4.69, 9.17) is 0 Å². The summed E-state index contributed by atoms with van der Waals surface area (Å²) in [5, 5.41) is 14.3. The highest BCUT2D eigenvalue weighted by atomic mass is 32.1. The van der Waals surface area contributed by atoms with Crippen molar-refractivity contribution in [2.45, 2.75) is 25.2 Å². The minimum Gasteiger partial charge on any atom is -0.369 e. The number of pyridine rings is 1. The lowest BCUT2D eigenvalue weighted by Crippen LogP contribution is -2.44. The molecule has 2 aliphatic rings. The smallest absolute Gasteiger partial charge is 0.130 e. The molecule has 1 saturated heterocycles. The molecule has 2 aromatic heterocycles. The van der Waals surface area contributed by atoms with Gasteiger partial charge in [0.05, 0.1) is 4.70 Å². The first kappa shape index (κ1) is 18.4. The van der Waals surface area contributed by atoms with Crippen molar-refractivity contribution in [3.63, 3.8) is 0 Å². The number of aromatic nitrogens is 1. The zero-order chi connectivity index (χ0) is 19.8. The van der Waals surface area contributed by atoms with Crippen molar-refractivity contribution in [3.05, 3.63) is 47.0 Å². The summed E-state index contributed by atoms with van der Waals surface area (Å²) in [5.41, 5.74) is 3.55. The lowest BCUT2D eigenvalue weighted by molar-refractivity contribution is 0.313. The molecule has 0 amide bonds. The van der Waals surface area contributed by atoms with E-state index in [1.807, 2.05) is 6.20 Å². The van der Waals surface area contributed by atoms with E-state index in [-0.39, 0.29) is 0 Å². The standard InChI is InChI=1S/C23H25N5S/c1-27-8-10-28(11-9-27)18-7-3-6-17(12-18)26-22-13-19-21(15-25-22)29-20(14-24)23(19)16-4-2-5-16/h3,6-7,12-13,15-16H,2,4-5,8-11H2,1H3,(H,25,26). The second-order valence-corrected chi connectivity index (χ2v) is 9.17. The van der Waals surface area contributed by atoms with Gasteiger partial charge in [-0.2, -0.15) is 5.26 Å². The van der Waals surface area contributed by atoms with Gasteiger partial charge in [-0.3, -0.25) is 0 Å². The van der Waals surface area contributed by atoms with Gasteiger partial charge in [-0.05, 0) is 55.6 Å². The number of anilines is 3. The Balaban J connectivity index is 1.42. The number of nitriles is 1. The largest absolute Gasteiger partial charge is 0.369 e. The molecule has 0 unspecified atom stereocenters. The molecule has 0 atom stereocenters. The van der Waals surface area contributed by atoms with Crippen molar-refractivity contribution >= 4 is 38.6 Å². The van der Waals surface area contributed by atoms with Crippen LogP contribution in [0.5, 0.6) is 0 Å². The third kappa shape index (κ3) is 3.57. The fourth-order valence-electron chi connectivity index (χ4n) is 4.27. The van der Waals surface area contributed by atoms with Crippen LogP contribution in [0.1, 0.15) is 35.6 Å². The summed E-state index contributed by atoms with van der Waals surface area (Å²) in [4.78, 5) is 10.3. The summed E-state index contributed by atoms with van der Waals surface area (Å²) >= 11 is 1.58. The van der Waals surface area contributed by atoms with Gasteiger partial charge in [-0.25, -0.2) is 4.98 Å². The maximum atomic E-state index is 9.58. The maximum absolute atomic E-state index is 9.58. The molecule has 1 saturated carbocycles. The topological polar surface area (TPSA) is 55.2 Å². The molecule has 0 bridgehead atoms. The van der Waals surface area contributed by atoms with E-state index in [1.165, 1.54) is 35.9 Å². The fourth-order valence-corrected chi connectivity index (χ4v) is 5.30. The van der Waals surface area contributed by atoms with E-state index in [0.29, 0.717) is 5.92 Å². The molecular weight excluding hydrogens is 378 g/mol. The van der Waals surface area contributed by atoms with Crippen molar-refractivity contribution in [1.82, 2.24) is 9.88 Å². The zero-order valence-electron chi connectivity index (χ0n) is 16.7. The Morgan fingerprint density at radius 3 is 2.72 bits per heavy atom. The second-order valence-electron chi connectivity index (χ2n) is 8.12. The first-order valence-corrected chi connectivity index (χ1v) is 11.2. The molecule has 1 aliphatic carbocycles. The molecule has 3 aromatic rings. The molecule has 5 rings (SSSR count). The van der Waals surface area contributed by atoms with Crippen LogP contribution >= 0.6 is 11.3 Å². The van der Waals surface area contributed by atoms with Crippen LogP contribution in [-0.4, -0.2) is 43.1 Å². The van der Waals surface area contributed by atoms with Gasteiger partial charge < -0.3 is 15.1 Å². The highest BCUT2D eigenvalue weighted by molar-refractivity contribution is 7.19. The predicted molar refractivity (Wildman–Crippen MR) is 120 cm³/mol. The minimum atomic E-state index is 0.536. The molecular formula is C23H25N5S. The van der Waals surface area contributed by atoms with Gasteiger partial charge in [0.2, 0.25) is 0 Å². The highest BCUT2D eigenvalue weighted by Crippen LogP contribution is 2.45. The molecule has 1 N–H and O–H groups in total. The van der Waals surface area contributed by atoms with Gasteiger partial charge in [0.15, 0.2) is 0 Å². The summed E-state index contributed by atoms with van der Waals surface area (Å²) in [7, 11) is 2.18. The van der Waals surface area contributed by atoms with Crippen molar-refractivity contribution in [2.24, 2.45) is 0 Å². The Hall–Kier alpha value is -2.62. The Morgan fingerprint density at radius 2 is 2.00 bits per heavy atom. The van der Waals surface area contributed by atoms with Crippen LogP contribution in [0.25, 0.3) is 10.1 Å². The number of hydrogen-bond acceptors (Lipinski definition) is 6. The highest BCUT2D eigenvalue weighted by Gasteiger charge is 2.26. The normalized spacial score (nSPS) is 17.9. The molecule has 0 spiro atoms. The van der Waals surface area contributed by atoms with E-state index in [9.17, 15) is 5.26 Å². The number of nitrogens with one attached hydrogen (secondary N) is 1. The molecule has 5 nitrogen and oxygen atoms in total. The van der Waals surface area contributed by atoms with Gasteiger partial charge in [0.1, 0.15) is 16.8 Å². The van der Waals surface area contributed by atoms with Gasteiger partial charge >= 0.3 is 0 Å². The first-order chi connectivity index (χ1) is 14.2. The summed E-state index contributed by atoms with van der Waals surface area (Å²) in [6, 6.07) is 13.1. The van der Waals surface area contributed by atoms with E-state index >= 15 is 0 Å². The van der Waals surface area contributed by atoms with Crippen LogP contribution < -0.4 is 10.2 Å². The van der Waals surface area contributed by atoms with Crippen molar-refractivity contribution in [1.29, 1.82) is 5.26 Å². The Morgan fingerprint density at radius 1 is 1.17 bits per heavy atom. The maximum Gasteiger partial charge on any atom is 0.130 e. The molecule has 3 heterocycles. The second kappa shape index (κ2) is 7.66. The molecule has 2 fully saturated rings. The van der Waals surface area contributed by atoms with E-state index in [1.54, 1.807) is 11.3 Å². The Kier molecular flexibility index (Phi) is 4.86. The number of hydrogen-bond donors (Lipinski definition) is 1. The van der Waals surface area contributed by atoms with E-state index in [0.717, 1.165) is 47.3 Å². The minimum absolute atomic E-state index is 0.536. The number of thiophene rings is 1. The molecule has 1 aromatic carbocycles. The molecule has 0 radical (unpaired) electrons. The molecule has 1 aliphatic heterocycles. The average Bonchev–Trinajstić information content (AvgIpc) is 3.05. The van der Waals surface area contributed by atoms with Crippen LogP contribution in [0, 0.1) is 11.3 Å². The Bertz CT molecular complexity index is 1070. The lowest BCUT2D eigenvalue weighted by Gasteiger charge is -2.34. The van der Waals surface area contributed by atoms with Crippen molar-refractivity contribution in [2.75, 3.05) is 43.4 Å². The molecule has 6 heteroatoms. The summed E-state index contributed by atoms with van der Waals surface area (Å²) in [6.45, 7) is 4.31. The third-order valence-electron chi connectivity index (χ3n) is 6.22. The lowest BCUT2D eigenvalue weighted by atomic mass is 9.79. The number of likely N-dealkylation sites (N-methyl/N-ethyl adjacent to an activating group) is 1. The van der Waals surface area contributed by atoms with E-state index in [2.05, 4.69) is 63.5 Å². The van der Waals surface area contributed by atoms with Crippen LogP contribution in [0.4, 0.5) is 17.2 Å². The van der Waals surface area contributed by atoms with Crippen LogP contribution in [0.3, 0.4) is 0 Å². The first-order valence-electron chi connectivity index (χ1n) is 10.3. The molecule has 148 valence electrons. The summed E-state index contributed by atoms with van der Waals surface area (Å²) in [5.74, 6) is 1.38. The quantitative estimate of drug-likeness (QED) is 0.669. The SMILES string of the molecule is CN1CCN(c2cccc(Nc3cc4c(C5CCC5)c(C#N)sc4cn3)c2)CC1. The van der Waals surface area contributed by atoms with Gasteiger partial charge in [0.25, 0.3) is 0 Å². The third-order valence-corrected chi connectivity index (χ3v) is 7.28. The van der Waals surface area contributed by atoms with Gasteiger partial charge in [-0.15, -0.1) is 11.3 Å². The number of rotatable bonds is 4. The van der Waals surface area contributed by atoms with Gasteiger partial charge in [0, 0.05) is 49.1 Å². The summed E-state index contributed by atoms with van der Waals surface area (Å²) in [6.07, 6.45) is 5.56. The Labute approximate surface area is 175 Å². The van der Waals surface area contributed by atoms with Crippen LogP contribution in [-0.2, 0) is 0 Å². The van der Waals surface area contributed by atoms with Crippen molar-refractivity contribution < 1.29 is 0 Å². The average molecular weight is 404 g/mol. The molecule has 29 heavy (non-hydrogen) atoms.